The molecular weight excluding hydrogens is 591 g/mol. The van der Waals surface area contributed by atoms with Crippen molar-refractivity contribution in [3.8, 4) is 33.4 Å². The lowest BCUT2D eigenvalue weighted by Crippen LogP contribution is -2.11. The van der Waals surface area contributed by atoms with Crippen LogP contribution < -0.4 is 0 Å². The Morgan fingerprint density at radius 1 is 0.388 bits per heavy atom. The minimum atomic E-state index is 0.295. The fourth-order valence-electron chi connectivity index (χ4n) is 7.77. The number of para-hydroxylation sites is 1. The summed E-state index contributed by atoms with van der Waals surface area (Å²) in [5, 5.41) is 5.11. The van der Waals surface area contributed by atoms with E-state index in [0.29, 0.717) is 5.92 Å². The molecule has 0 fully saturated rings. The number of benzene rings is 8. The first-order valence-corrected chi connectivity index (χ1v) is 17.2. The minimum Gasteiger partial charge on any atom is -0.252 e. The first-order valence-electron chi connectivity index (χ1n) is 17.2. The molecule has 0 bridgehead atoms. The van der Waals surface area contributed by atoms with Crippen LogP contribution in [0.4, 0.5) is 5.69 Å². The van der Waals surface area contributed by atoms with Crippen molar-refractivity contribution in [1.82, 2.24) is 0 Å². The Bertz CT molecular complexity index is 2460. The van der Waals surface area contributed by atoms with Crippen LogP contribution in [-0.4, -0.2) is 5.71 Å². The van der Waals surface area contributed by atoms with Crippen LogP contribution in [0.15, 0.2) is 187 Å². The second kappa shape index (κ2) is 12.5. The molecule has 9 rings (SSSR count). The topological polar surface area (TPSA) is 12.4 Å². The van der Waals surface area contributed by atoms with Crippen molar-refractivity contribution in [2.45, 2.75) is 18.8 Å². The third-order valence-electron chi connectivity index (χ3n) is 10.1. The Balaban J connectivity index is 1.09. The largest absolute Gasteiger partial charge is 0.252 e. The highest BCUT2D eigenvalue weighted by Crippen LogP contribution is 2.45. The fraction of sp³-hybridized carbons (Fsp3) is 0.0625. The van der Waals surface area contributed by atoms with Crippen molar-refractivity contribution in [2.75, 3.05) is 0 Å². The van der Waals surface area contributed by atoms with Gasteiger partial charge in [0.1, 0.15) is 0 Å². The van der Waals surface area contributed by atoms with Crippen LogP contribution in [0.1, 0.15) is 29.0 Å². The first-order chi connectivity index (χ1) is 24.3. The molecular formula is C48H35N. The number of hydrogen-bond acceptors (Lipinski definition) is 1. The Hall–Kier alpha value is -6.05. The molecule has 0 N–H and O–H groups in total. The van der Waals surface area contributed by atoms with E-state index >= 15 is 0 Å². The first kappa shape index (κ1) is 29.1. The summed E-state index contributed by atoms with van der Waals surface area (Å²) in [7, 11) is 0. The summed E-state index contributed by atoms with van der Waals surface area (Å²) in [6.07, 6.45) is 2.02. The summed E-state index contributed by atoms with van der Waals surface area (Å²) < 4.78 is 0. The van der Waals surface area contributed by atoms with E-state index < -0.39 is 0 Å². The summed E-state index contributed by atoms with van der Waals surface area (Å²) >= 11 is 0. The number of aryl methyl sites for hydroxylation is 1. The molecule has 0 aliphatic carbocycles. The van der Waals surface area contributed by atoms with Gasteiger partial charge in [0.15, 0.2) is 0 Å². The third kappa shape index (κ3) is 5.34. The summed E-state index contributed by atoms with van der Waals surface area (Å²) in [6, 6.07) is 66.1. The highest BCUT2D eigenvalue weighted by Gasteiger charge is 2.27. The number of nitrogens with zero attached hydrogens (tertiary/aromatic N) is 1. The second-order valence-electron chi connectivity index (χ2n) is 13.0. The van der Waals surface area contributed by atoms with E-state index in [1.807, 2.05) is 0 Å². The lowest BCUT2D eigenvalue weighted by Gasteiger charge is -2.19. The molecule has 1 heterocycles. The van der Waals surface area contributed by atoms with Gasteiger partial charge in [-0.3, -0.25) is 4.99 Å². The van der Waals surface area contributed by atoms with Gasteiger partial charge in [-0.05, 0) is 96.6 Å². The van der Waals surface area contributed by atoms with Gasteiger partial charge >= 0.3 is 0 Å². The van der Waals surface area contributed by atoms with Crippen molar-refractivity contribution in [3.63, 3.8) is 0 Å². The second-order valence-corrected chi connectivity index (χ2v) is 13.0. The van der Waals surface area contributed by atoms with E-state index in [-0.39, 0.29) is 0 Å². The van der Waals surface area contributed by atoms with Crippen molar-refractivity contribution < 1.29 is 0 Å². The maximum Gasteiger partial charge on any atom is 0.0672 e. The molecule has 1 aliphatic rings. The fourth-order valence-corrected chi connectivity index (χ4v) is 7.77. The Morgan fingerprint density at radius 2 is 0.898 bits per heavy atom. The molecule has 8 aromatic carbocycles. The molecule has 1 nitrogen and oxygen atoms in total. The number of hydrogen-bond donors (Lipinski definition) is 0. The molecule has 1 heteroatoms. The molecule has 1 aliphatic heterocycles. The molecule has 0 amide bonds. The predicted octanol–water partition coefficient (Wildman–Crippen LogP) is 12.8. The molecule has 0 saturated carbocycles. The van der Waals surface area contributed by atoms with Gasteiger partial charge in [-0.25, -0.2) is 0 Å². The molecule has 49 heavy (non-hydrogen) atoms. The summed E-state index contributed by atoms with van der Waals surface area (Å²) in [5.74, 6) is 0.295. The van der Waals surface area contributed by atoms with Crippen LogP contribution in [0.2, 0.25) is 0 Å². The average molecular weight is 626 g/mol. The zero-order chi connectivity index (χ0) is 32.6. The van der Waals surface area contributed by atoms with Gasteiger partial charge in [-0.15, -0.1) is 0 Å². The van der Waals surface area contributed by atoms with Gasteiger partial charge in [-0.1, -0.05) is 170 Å². The number of aliphatic imine (C=N–C) groups is 1. The summed E-state index contributed by atoms with van der Waals surface area (Å²) in [6.45, 7) is 0. The molecule has 0 aromatic heterocycles. The predicted molar refractivity (Wildman–Crippen MR) is 208 cm³/mol. The van der Waals surface area contributed by atoms with Crippen molar-refractivity contribution in [2.24, 2.45) is 4.99 Å². The van der Waals surface area contributed by atoms with Gasteiger partial charge < -0.3 is 0 Å². The molecule has 0 unspecified atom stereocenters. The van der Waals surface area contributed by atoms with Crippen LogP contribution in [0.25, 0.3) is 54.9 Å². The summed E-state index contributed by atoms with van der Waals surface area (Å²) in [5.41, 5.74) is 13.7. The zero-order valence-corrected chi connectivity index (χ0v) is 27.3. The van der Waals surface area contributed by atoms with Crippen LogP contribution in [-0.2, 0) is 6.42 Å². The van der Waals surface area contributed by atoms with Crippen molar-refractivity contribution in [1.29, 1.82) is 0 Å². The lowest BCUT2D eigenvalue weighted by molar-refractivity contribution is 0.778. The average Bonchev–Trinajstić information content (AvgIpc) is 3.55. The van der Waals surface area contributed by atoms with Gasteiger partial charge in [0, 0.05) is 5.92 Å². The quantitative estimate of drug-likeness (QED) is 0.156. The molecule has 0 radical (unpaired) electrons. The summed E-state index contributed by atoms with van der Waals surface area (Å²) in [4.78, 5) is 5.08. The Kier molecular flexibility index (Phi) is 7.44. The highest BCUT2D eigenvalue weighted by molar-refractivity contribution is 6.22. The third-order valence-corrected chi connectivity index (χ3v) is 10.1. The van der Waals surface area contributed by atoms with E-state index in [1.54, 1.807) is 0 Å². The van der Waals surface area contributed by atoms with Crippen LogP contribution in [0.3, 0.4) is 0 Å². The van der Waals surface area contributed by atoms with Gasteiger partial charge in [-0.2, -0.15) is 0 Å². The molecule has 8 aromatic rings. The van der Waals surface area contributed by atoms with E-state index in [2.05, 4.69) is 182 Å². The zero-order valence-electron chi connectivity index (χ0n) is 27.3. The van der Waals surface area contributed by atoms with Crippen LogP contribution in [0.5, 0.6) is 0 Å². The normalized spacial score (nSPS) is 13.8. The Morgan fingerprint density at radius 3 is 1.55 bits per heavy atom. The molecule has 1 atom stereocenters. The highest BCUT2D eigenvalue weighted by atomic mass is 14.8. The number of fused-ring (bicyclic) bond motifs is 3. The lowest BCUT2D eigenvalue weighted by atomic mass is 9.84. The van der Waals surface area contributed by atoms with E-state index in [0.717, 1.165) is 18.5 Å². The number of rotatable bonds is 7. The molecule has 0 spiro atoms. The molecule has 232 valence electrons. The van der Waals surface area contributed by atoms with E-state index in [4.69, 9.17) is 4.99 Å². The smallest absolute Gasteiger partial charge is 0.0672 e. The van der Waals surface area contributed by atoms with Gasteiger partial charge in [0.05, 0.1) is 11.4 Å². The molecule has 0 saturated heterocycles. The van der Waals surface area contributed by atoms with Crippen molar-refractivity contribution in [3.05, 3.63) is 199 Å². The van der Waals surface area contributed by atoms with Gasteiger partial charge in [0.2, 0.25) is 0 Å². The van der Waals surface area contributed by atoms with E-state index in [1.165, 1.54) is 77.3 Å². The SMILES string of the molecule is c1ccc(C2=Nc3ccccc3[C@H]2CCc2ccc(-c3ccc4c(-c5ccccc5)c5ccccc5c(-c5ccccc5)c4c3)cc2)cc1. The van der Waals surface area contributed by atoms with Crippen molar-refractivity contribution >= 4 is 32.9 Å². The van der Waals surface area contributed by atoms with Crippen LogP contribution in [0, 0.1) is 0 Å². The maximum atomic E-state index is 5.08. The maximum absolute atomic E-state index is 5.08. The monoisotopic (exact) mass is 625 g/mol. The van der Waals surface area contributed by atoms with Gasteiger partial charge in [0.25, 0.3) is 0 Å². The van der Waals surface area contributed by atoms with Crippen LogP contribution >= 0.6 is 0 Å². The van der Waals surface area contributed by atoms with E-state index in [9.17, 15) is 0 Å². The Labute approximate surface area is 287 Å². The standard InChI is InChI=1S/C48H35N/c1-4-14-35(15-5-1)46-40-21-10-11-22-41(40)47(36-16-6-2-7-17-36)44-32-38(29-31-42(44)46)34-27-24-33(25-28-34)26-30-43-39-20-12-13-23-45(39)49-48(43)37-18-8-3-9-19-37/h1-25,27-29,31-32,43H,26,30H2/t43-/m1/s1. The minimum absolute atomic E-state index is 0.295.